The Morgan fingerprint density at radius 2 is 2.08 bits per heavy atom. The van der Waals surface area contributed by atoms with Crippen LogP contribution in [0.3, 0.4) is 0 Å². The van der Waals surface area contributed by atoms with Gasteiger partial charge in [0, 0.05) is 12.1 Å². The first kappa shape index (κ1) is 11.4. The van der Waals surface area contributed by atoms with E-state index in [1.165, 1.54) is 0 Å². The summed E-state index contributed by atoms with van der Waals surface area (Å²) >= 11 is 0. The van der Waals surface area contributed by atoms with Gasteiger partial charge in [0.2, 0.25) is 5.91 Å². The van der Waals surface area contributed by atoms with Crippen LogP contribution in [0.1, 0.15) is 27.2 Å². The summed E-state index contributed by atoms with van der Waals surface area (Å²) in [6, 6.07) is -0.435. The van der Waals surface area contributed by atoms with Crippen LogP contribution in [0.5, 0.6) is 0 Å². The highest BCUT2D eigenvalue weighted by Gasteiger charge is 2.20. The van der Waals surface area contributed by atoms with Gasteiger partial charge >= 0.3 is 0 Å². The van der Waals surface area contributed by atoms with E-state index in [1.54, 1.807) is 0 Å². The van der Waals surface area contributed by atoms with Gasteiger partial charge in [-0.2, -0.15) is 0 Å². The van der Waals surface area contributed by atoms with Gasteiger partial charge in [0.25, 0.3) is 0 Å². The third-order valence-electron chi connectivity index (χ3n) is 1.37. The molecule has 0 aliphatic carbocycles. The van der Waals surface area contributed by atoms with Crippen LogP contribution in [0.15, 0.2) is 0 Å². The van der Waals surface area contributed by atoms with E-state index in [4.69, 9.17) is 10.8 Å². The SMILES string of the molecule is CC(C)(C)N[C@H](CCO)C(N)=O. The third-order valence-corrected chi connectivity index (χ3v) is 1.37. The largest absolute Gasteiger partial charge is 0.396 e. The lowest BCUT2D eigenvalue weighted by atomic mass is 10.1. The molecule has 0 rings (SSSR count). The fourth-order valence-corrected chi connectivity index (χ4v) is 0.937. The van der Waals surface area contributed by atoms with E-state index in [0.717, 1.165) is 0 Å². The van der Waals surface area contributed by atoms with Gasteiger partial charge in [0.1, 0.15) is 0 Å². The maximum Gasteiger partial charge on any atom is 0.234 e. The van der Waals surface area contributed by atoms with Crippen molar-refractivity contribution in [1.29, 1.82) is 0 Å². The van der Waals surface area contributed by atoms with Crippen molar-refractivity contribution >= 4 is 5.91 Å². The van der Waals surface area contributed by atoms with E-state index in [2.05, 4.69) is 5.32 Å². The summed E-state index contributed by atoms with van der Waals surface area (Å²) in [6.07, 6.45) is 0.368. The number of hydrogen-bond acceptors (Lipinski definition) is 3. The van der Waals surface area contributed by atoms with Crippen LogP contribution in [-0.2, 0) is 4.79 Å². The molecule has 0 aromatic carbocycles. The number of aliphatic hydroxyl groups excluding tert-OH is 1. The van der Waals surface area contributed by atoms with Crippen LogP contribution in [-0.4, -0.2) is 29.2 Å². The molecule has 0 heterocycles. The quantitative estimate of drug-likeness (QED) is 0.543. The molecule has 0 saturated carbocycles. The monoisotopic (exact) mass is 174 g/mol. The molecular formula is C8H18N2O2. The summed E-state index contributed by atoms with van der Waals surface area (Å²) in [4.78, 5) is 10.8. The molecule has 0 aromatic heterocycles. The molecule has 4 heteroatoms. The summed E-state index contributed by atoms with van der Waals surface area (Å²) < 4.78 is 0. The molecule has 0 saturated heterocycles. The fraction of sp³-hybridized carbons (Fsp3) is 0.875. The Morgan fingerprint density at radius 1 is 1.58 bits per heavy atom. The number of aliphatic hydroxyl groups is 1. The van der Waals surface area contributed by atoms with E-state index >= 15 is 0 Å². The molecule has 72 valence electrons. The molecule has 0 aliphatic heterocycles. The van der Waals surface area contributed by atoms with Crippen molar-refractivity contribution in [2.75, 3.05) is 6.61 Å². The lowest BCUT2D eigenvalue weighted by Gasteiger charge is -2.26. The molecule has 1 amide bonds. The average molecular weight is 174 g/mol. The summed E-state index contributed by atoms with van der Waals surface area (Å²) in [5, 5.41) is 11.7. The zero-order valence-electron chi connectivity index (χ0n) is 7.92. The summed E-state index contributed by atoms with van der Waals surface area (Å²) in [5.41, 5.74) is 4.96. The van der Waals surface area contributed by atoms with E-state index in [-0.39, 0.29) is 12.1 Å². The number of nitrogens with two attached hydrogens (primary N) is 1. The molecule has 0 bridgehead atoms. The second-order valence-corrected chi connectivity index (χ2v) is 3.86. The number of hydrogen-bond donors (Lipinski definition) is 3. The Balaban J connectivity index is 4.05. The summed E-state index contributed by atoms with van der Waals surface area (Å²) in [6.45, 7) is 5.80. The summed E-state index contributed by atoms with van der Waals surface area (Å²) in [7, 11) is 0. The standard InChI is InChI=1S/C8H18N2O2/c1-8(2,3)10-6(4-5-11)7(9)12/h6,10-11H,4-5H2,1-3H3,(H2,9,12)/t6-/m1/s1. The number of carbonyl (C=O) groups is 1. The number of amides is 1. The molecule has 12 heavy (non-hydrogen) atoms. The number of primary amides is 1. The van der Waals surface area contributed by atoms with Crippen molar-refractivity contribution in [3.8, 4) is 0 Å². The zero-order valence-corrected chi connectivity index (χ0v) is 7.92. The molecule has 0 radical (unpaired) electrons. The predicted octanol–water partition coefficient (Wildman–Crippen LogP) is -0.389. The maximum atomic E-state index is 10.8. The van der Waals surface area contributed by atoms with Crippen LogP contribution in [0, 0.1) is 0 Å². The van der Waals surface area contributed by atoms with Crippen LogP contribution in [0.2, 0.25) is 0 Å². The fourth-order valence-electron chi connectivity index (χ4n) is 0.937. The van der Waals surface area contributed by atoms with Crippen molar-refractivity contribution in [3.05, 3.63) is 0 Å². The van der Waals surface area contributed by atoms with E-state index < -0.39 is 11.9 Å². The molecule has 1 atom stereocenters. The molecule has 0 fully saturated rings. The van der Waals surface area contributed by atoms with E-state index in [9.17, 15) is 4.79 Å². The number of rotatable bonds is 4. The Hall–Kier alpha value is -0.610. The second-order valence-electron chi connectivity index (χ2n) is 3.86. The topological polar surface area (TPSA) is 75.3 Å². The molecule has 0 aromatic rings. The molecule has 4 nitrogen and oxygen atoms in total. The number of nitrogens with one attached hydrogen (secondary N) is 1. The van der Waals surface area contributed by atoms with Gasteiger partial charge in [-0.1, -0.05) is 0 Å². The van der Waals surface area contributed by atoms with Crippen molar-refractivity contribution in [1.82, 2.24) is 5.32 Å². The Kier molecular flexibility index (Phi) is 4.20. The minimum atomic E-state index is -0.435. The Morgan fingerprint density at radius 3 is 2.33 bits per heavy atom. The van der Waals surface area contributed by atoms with Crippen LogP contribution in [0.25, 0.3) is 0 Å². The smallest absolute Gasteiger partial charge is 0.234 e. The lowest BCUT2D eigenvalue weighted by Crippen LogP contribution is -2.50. The molecule has 0 spiro atoms. The highest BCUT2D eigenvalue weighted by atomic mass is 16.3. The number of carbonyl (C=O) groups excluding carboxylic acids is 1. The lowest BCUT2D eigenvalue weighted by molar-refractivity contribution is -0.120. The molecular weight excluding hydrogens is 156 g/mol. The first-order valence-corrected chi connectivity index (χ1v) is 4.04. The normalized spacial score (nSPS) is 14.3. The Labute approximate surface area is 73.1 Å². The van der Waals surface area contributed by atoms with Gasteiger partial charge < -0.3 is 16.2 Å². The van der Waals surface area contributed by atoms with Crippen molar-refractivity contribution < 1.29 is 9.90 Å². The van der Waals surface area contributed by atoms with Crippen LogP contribution in [0.4, 0.5) is 0 Å². The molecule has 4 N–H and O–H groups in total. The van der Waals surface area contributed by atoms with Gasteiger partial charge in [0.15, 0.2) is 0 Å². The zero-order chi connectivity index (χ0) is 9.78. The molecule has 0 unspecified atom stereocenters. The average Bonchev–Trinajstić information content (AvgIpc) is 1.83. The van der Waals surface area contributed by atoms with Crippen LogP contribution >= 0.6 is 0 Å². The second kappa shape index (κ2) is 4.42. The summed E-state index contributed by atoms with van der Waals surface area (Å²) in [5.74, 6) is -0.418. The highest BCUT2D eigenvalue weighted by Crippen LogP contribution is 2.03. The van der Waals surface area contributed by atoms with Gasteiger partial charge in [-0.25, -0.2) is 0 Å². The molecule has 0 aliphatic rings. The van der Waals surface area contributed by atoms with Crippen molar-refractivity contribution in [3.63, 3.8) is 0 Å². The minimum absolute atomic E-state index is 0.0311. The van der Waals surface area contributed by atoms with Gasteiger partial charge in [-0.05, 0) is 27.2 Å². The minimum Gasteiger partial charge on any atom is -0.396 e. The van der Waals surface area contributed by atoms with E-state index in [1.807, 2.05) is 20.8 Å². The van der Waals surface area contributed by atoms with Crippen molar-refractivity contribution in [2.24, 2.45) is 5.73 Å². The van der Waals surface area contributed by atoms with Crippen LogP contribution < -0.4 is 11.1 Å². The Bertz CT molecular complexity index is 152. The predicted molar refractivity (Wildman–Crippen MR) is 47.6 cm³/mol. The maximum absolute atomic E-state index is 10.8. The highest BCUT2D eigenvalue weighted by molar-refractivity contribution is 5.79. The third kappa shape index (κ3) is 5.09. The van der Waals surface area contributed by atoms with Gasteiger partial charge in [0.05, 0.1) is 6.04 Å². The first-order valence-electron chi connectivity index (χ1n) is 4.04. The van der Waals surface area contributed by atoms with E-state index in [0.29, 0.717) is 6.42 Å². The van der Waals surface area contributed by atoms with Crippen molar-refractivity contribution in [2.45, 2.75) is 38.8 Å². The first-order chi connectivity index (χ1) is 5.37. The van der Waals surface area contributed by atoms with Gasteiger partial charge in [-0.3, -0.25) is 4.79 Å². The van der Waals surface area contributed by atoms with Gasteiger partial charge in [-0.15, -0.1) is 0 Å².